The molecule has 0 aliphatic heterocycles. The number of hydrogen-bond donors (Lipinski definition) is 0. The van der Waals surface area contributed by atoms with Crippen molar-refractivity contribution in [3.05, 3.63) is 259 Å². The van der Waals surface area contributed by atoms with E-state index in [1.807, 2.05) is 24.3 Å². The first-order chi connectivity index (χ1) is 31.2. The second kappa shape index (κ2) is 15.0. The van der Waals surface area contributed by atoms with E-state index >= 15 is 0 Å². The lowest BCUT2D eigenvalue weighted by molar-refractivity contribution is 0.776. The minimum Gasteiger partial charge on any atom is -0.208 e. The first kappa shape index (κ1) is 36.6. The fraction of sp³-hybridized carbons (Fsp3) is 0.0167. The summed E-state index contributed by atoms with van der Waals surface area (Å²) >= 11 is 0. The molecule has 3 nitrogen and oxygen atoms in total. The molecule has 294 valence electrons. The summed E-state index contributed by atoms with van der Waals surface area (Å²) in [6, 6.07) is 84.8. The molecular weight excluding hydrogens is 763 g/mol. The standard InChI is InChI=1S/C60H39N3/c1-4-17-40(18-5-1)41-31-33-42(34-32-41)45-21-16-22-46(39-45)59-62-57(43-19-6-2-7-20-43)61-58(63-59)44-35-37-48(38-36-44)60(47-23-8-3-9-24-47)54-30-15-14-29-53(54)55-51-27-12-10-25-49(51)50-26-11-13-28-52(50)56(55)60/h1-39H. The van der Waals surface area contributed by atoms with Crippen LogP contribution in [-0.2, 0) is 5.41 Å². The molecule has 1 aliphatic carbocycles. The van der Waals surface area contributed by atoms with Gasteiger partial charge < -0.3 is 0 Å². The Bertz CT molecular complexity index is 3470. The Morgan fingerprint density at radius 2 is 0.683 bits per heavy atom. The molecule has 1 aromatic heterocycles. The summed E-state index contributed by atoms with van der Waals surface area (Å²) in [5.41, 5.74) is 14.4. The van der Waals surface area contributed by atoms with Gasteiger partial charge in [0, 0.05) is 16.7 Å². The Kier molecular flexibility index (Phi) is 8.72. The van der Waals surface area contributed by atoms with Crippen LogP contribution in [0.2, 0.25) is 0 Å². The van der Waals surface area contributed by atoms with E-state index in [9.17, 15) is 0 Å². The van der Waals surface area contributed by atoms with Gasteiger partial charge in [-0.3, -0.25) is 0 Å². The van der Waals surface area contributed by atoms with Gasteiger partial charge in [-0.1, -0.05) is 231 Å². The molecule has 0 amide bonds. The van der Waals surface area contributed by atoms with Crippen molar-refractivity contribution in [3.63, 3.8) is 0 Å². The fourth-order valence-corrected chi connectivity index (χ4v) is 9.97. The number of hydrogen-bond acceptors (Lipinski definition) is 3. The van der Waals surface area contributed by atoms with Crippen LogP contribution < -0.4 is 0 Å². The van der Waals surface area contributed by atoms with Gasteiger partial charge >= 0.3 is 0 Å². The molecule has 0 saturated carbocycles. The highest BCUT2D eigenvalue weighted by Crippen LogP contribution is 2.60. The predicted molar refractivity (Wildman–Crippen MR) is 259 cm³/mol. The highest BCUT2D eigenvalue weighted by Gasteiger charge is 2.48. The average molecular weight is 802 g/mol. The van der Waals surface area contributed by atoms with Gasteiger partial charge in [-0.25, -0.2) is 15.0 Å². The third kappa shape index (κ3) is 6.01. The Labute approximate surface area is 366 Å². The molecule has 0 saturated heterocycles. The zero-order chi connectivity index (χ0) is 41.7. The molecule has 0 N–H and O–H groups in total. The largest absolute Gasteiger partial charge is 0.208 e. The highest BCUT2D eigenvalue weighted by atomic mass is 15.0. The fourth-order valence-electron chi connectivity index (χ4n) is 9.97. The lowest BCUT2D eigenvalue weighted by Crippen LogP contribution is -2.28. The summed E-state index contributed by atoms with van der Waals surface area (Å²) in [5, 5.41) is 5.06. The predicted octanol–water partition coefficient (Wildman–Crippen LogP) is 14.9. The number of rotatable bonds is 7. The summed E-state index contributed by atoms with van der Waals surface area (Å²) < 4.78 is 0. The van der Waals surface area contributed by atoms with Crippen LogP contribution in [0.15, 0.2) is 237 Å². The van der Waals surface area contributed by atoms with E-state index in [0.29, 0.717) is 17.5 Å². The van der Waals surface area contributed by atoms with E-state index in [0.717, 1.165) is 27.8 Å². The quantitative estimate of drug-likeness (QED) is 0.151. The normalized spacial score (nSPS) is 14.1. The molecule has 1 heterocycles. The smallest absolute Gasteiger partial charge is 0.164 e. The first-order valence-electron chi connectivity index (χ1n) is 21.5. The van der Waals surface area contributed by atoms with Crippen molar-refractivity contribution >= 4 is 21.5 Å². The number of fused-ring (bicyclic) bond motifs is 8. The van der Waals surface area contributed by atoms with Crippen LogP contribution in [0, 0.1) is 0 Å². The van der Waals surface area contributed by atoms with Crippen molar-refractivity contribution in [1.82, 2.24) is 15.0 Å². The summed E-state index contributed by atoms with van der Waals surface area (Å²) in [4.78, 5) is 15.5. The van der Waals surface area contributed by atoms with Crippen molar-refractivity contribution in [2.24, 2.45) is 0 Å². The Morgan fingerprint density at radius 1 is 0.270 bits per heavy atom. The van der Waals surface area contributed by atoms with E-state index in [2.05, 4.69) is 212 Å². The average Bonchev–Trinajstić information content (AvgIpc) is 3.69. The summed E-state index contributed by atoms with van der Waals surface area (Å²) in [7, 11) is 0. The molecule has 0 bridgehead atoms. The Balaban J connectivity index is 1.02. The monoisotopic (exact) mass is 801 g/mol. The van der Waals surface area contributed by atoms with Crippen molar-refractivity contribution < 1.29 is 0 Å². The number of benzene rings is 10. The van der Waals surface area contributed by atoms with Crippen LogP contribution in [0.5, 0.6) is 0 Å². The minimum absolute atomic E-state index is 0.589. The maximum Gasteiger partial charge on any atom is 0.164 e. The van der Waals surface area contributed by atoms with E-state index in [4.69, 9.17) is 15.0 Å². The van der Waals surface area contributed by atoms with Crippen molar-refractivity contribution in [2.45, 2.75) is 5.41 Å². The molecule has 0 radical (unpaired) electrons. The molecule has 63 heavy (non-hydrogen) atoms. The second-order valence-corrected chi connectivity index (χ2v) is 16.3. The third-order valence-electron chi connectivity index (χ3n) is 12.8. The van der Waals surface area contributed by atoms with Crippen LogP contribution in [0.1, 0.15) is 22.3 Å². The zero-order valence-electron chi connectivity index (χ0n) is 34.4. The third-order valence-corrected chi connectivity index (χ3v) is 12.8. The van der Waals surface area contributed by atoms with Gasteiger partial charge in [0.05, 0.1) is 5.41 Å². The molecular formula is C60H39N3. The topological polar surface area (TPSA) is 38.7 Å². The number of nitrogens with zero attached hydrogens (tertiary/aromatic N) is 3. The SMILES string of the molecule is c1ccc(-c2ccc(-c3cccc(-c4nc(-c5ccccc5)nc(-c5ccc(C6(c7ccccc7)c7ccccc7-c7c6c6ccccc6c6ccccc76)cc5)n4)c3)cc2)cc1. The zero-order valence-corrected chi connectivity index (χ0v) is 34.4. The Morgan fingerprint density at radius 3 is 1.35 bits per heavy atom. The molecule has 0 spiro atoms. The maximum absolute atomic E-state index is 5.22. The lowest BCUT2D eigenvalue weighted by Gasteiger charge is -2.35. The van der Waals surface area contributed by atoms with Crippen LogP contribution in [0.3, 0.4) is 0 Å². The highest BCUT2D eigenvalue weighted by molar-refractivity contribution is 6.19. The van der Waals surface area contributed by atoms with Gasteiger partial charge in [-0.15, -0.1) is 0 Å². The van der Waals surface area contributed by atoms with Crippen LogP contribution >= 0.6 is 0 Å². The minimum atomic E-state index is -0.589. The molecule has 12 rings (SSSR count). The summed E-state index contributed by atoms with van der Waals surface area (Å²) in [6.45, 7) is 0. The van der Waals surface area contributed by atoms with Crippen molar-refractivity contribution in [3.8, 4) is 67.5 Å². The number of aromatic nitrogens is 3. The molecule has 10 aromatic carbocycles. The molecule has 1 unspecified atom stereocenters. The summed E-state index contributed by atoms with van der Waals surface area (Å²) in [5.74, 6) is 1.89. The van der Waals surface area contributed by atoms with E-state index in [-0.39, 0.29) is 0 Å². The molecule has 1 atom stereocenters. The maximum atomic E-state index is 5.22. The van der Waals surface area contributed by atoms with Gasteiger partial charge in [-0.2, -0.15) is 0 Å². The lowest BCUT2D eigenvalue weighted by atomic mass is 9.66. The van der Waals surface area contributed by atoms with E-state index < -0.39 is 5.41 Å². The molecule has 1 aliphatic rings. The van der Waals surface area contributed by atoms with E-state index in [1.165, 1.54) is 66.1 Å². The first-order valence-corrected chi connectivity index (χ1v) is 21.5. The molecule has 11 aromatic rings. The van der Waals surface area contributed by atoms with Crippen LogP contribution in [-0.4, -0.2) is 15.0 Å². The van der Waals surface area contributed by atoms with E-state index in [1.54, 1.807) is 0 Å². The summed E-state index contributed by atoms with van der Waals surface area (Å²) in [6.07, 6.45) is 0. The van der Waals surface area contributed by atoms with Gasteiger partial charge in [0.15, 0.2) is 17.5 Å². The Hall–Kier alpha value is -8.27. The van der Waals surface area contributed by atoms with Gasteiger partial charge in [0.25, 0.3) is 0 Å². The van der Waals surface area contributed by atoms with Gasteiger partial charge in [0.2, 0.25) is 0 Å². The van der Waals surface area contributed by atoms with Crippen molar-refractivity contribution in [1.29, 1.82) is 0 Å². The molecule has 0 fully saturated rings. The van der Waals surface area contributed by atoms with Crippen molar-refractivity contribution in [2.75, 3.05) is 0 Å². The second-order valence-electron chi connectivity index (χ2n) is 16.3. The van der Waals surface area contributed by atoms with Gasteiger partial charge in [0.1, 0.15) is 0 Å². The van der Waals surface area contributed by atoms with Crippen LogP contribution in [0.25, 0.3) is 89.1 Å². The van der Waals surface area contributed by atoms with Gasteiger partial charge in [-0.05, 0) is 83.2 Å². The van der Waals surface area contributed by atoms with Crippen LogP contribution in [0.4, 0.5) is 0 Å². The molecule has 3 heteroatoms.